The summed E-state index contributed by atoms with van der Waals surface area (Å²) in [5, 5.41) is 0. The van der Waals surface area contributed by atoms with Gasteiger partial charge in [-0.05, 0) is 12.8 Å². The maximum Gasteiger partial charge on any atom is 0.0407 e. The van der Waals surface area contributed by atoms with Crippen molar-refractivity contribution in [3.8, 4) is 0 Å². The zero-order valence-corrected chi connectivity index (χ0v) is 7.13. The van der Waals surface area contributed by atoms with Gasteiger partial charge in [0.15, 0.2) is 0 Å². The van der Waals surface area contributed by atoms with Crippen molar-refractivity contribution in [1.29, 1.82) is 0 Å². The summed E-state index contributed by atoms with van der Waals surface area (Å²) in [4.78, 5) is 2.59. The van der Waals surface area contributed by atoms with Crippen molar-refractivity contribution < 1.29 is 0 Å². The molecule has 0 N–H and O–H groups in total. The van der Waals surface area contributed by atoms with Crippen LogP contribution in [0.4, 0.5) is 0 Å². The summed E-state index contributed by atoms with van der Waals surface area (Å²) in [5.74, 6) is 0. The molecule has 0 spiro atoms. The van der Waals surface area contributed by atoms with Crippen LogP contribution in [0.2, 0.25) is 0 Å². The molecule has 11 heavy (non-hydrogen) atoms. The number of hydrogen-bond donors (Lipinski definition) is 0. The Hall–Kier alpha value is -0.300. The lowest BCUT2D eigenvalue weighted by molar-refractivity contribution is 0.289. The fraction of sp³-hybridized carbons (Fsp3) is 0.800. The van der Waals surface area contributed by atoms with E-state index in [1.807, 2.05) is 0 Å². The van der Waals surface area contributed by atoms with Gasteiger partial charge in [0.1, 0.15) is 0 Å². The normalized spacial score (nSPS) is 38.5. The van der Waals surface area contributed by atoms with E-state index < -0.39 is 0 Å². The Morgan fingerprint density at radius 3 is 2.45 bits per heavy atom. The van der Waals surface area contributed by atoms with Crippen LogP contribution in [0.5, 0.6) is 0 Å². The first kappa shape index (κ1) is 7.35. The van der Waals surface area contributed by atoms with Gasteiger partial charge in [0.05, 0.1) is 0 Å². The molecule has 0 aromatic heterocycles. The molecule has 2 unspecified atom stereocenters. The minimum atomic E-state index is 0.734. The van der Waals surface area contributed by atoms with Gasteiger partial charge in [0.25, 0.3) is 0 Å². The first-order valence-electron chi connectivity index (χ1n) is 4.80. The van der Waals surface area contributed by atoms with Gasteiger partial charge in [-0.15, -0.1) is 6.58 Å². The molecule has 0 bridgehead atoms. The number of rotatable bonds is 2. The van der Waals surface area contributed by atoms with E-state index in [1.165, 1.54) is 38.6 Å². The summed E-state index contributed by atoms with van der Waals surface area (Å²) in [7, 11) is 0. The maximum absolute atomic E-state index is 3.83. The third-order valence-electron chi connectivity index (χ3n) is 3.01. The van der Waals surface area contributed by atoms with Crippen LogP contribution < -0.4 is 0 Å². The molecule has 62 valence electrons. The van der Waals surface area contributed by atoms with Crippen LogP contribution in [0, 0.1) is 0 Å². The van der Waals surface area contributed by atoms with E-state index in [1.54, 1.807) is 0 Å². The van der Waals surface area contributed by atoms with E-state index in [0.29, 0.717) is 0 Å². The van der Waals surface area contributed by atoms with E-state index in [2.05, 4.69) is 17.6 Å². The highest BCUT2D eigenvalue weighted by Gasteiger charge is 2.37. The highest BCUT2D eigenvalue weighted by Crippen LogP contribution is 2.31. The molecule has 0 amide bonds. The van der Waals surface area contributed by atoms with E-state index >= 15 is 0 Å². The number of hydrogen-bond acceptors (Lipinski definition) is 1. The zero-order chi connectivity index (χ0) is 7.68. The predicted molar refractivity (Wildman–Crippen MR) is 47.6 cm³/mol. The van der Waals surface area contributed by atoms with Gasteiger partial charge in [-0.1, -0.05) is 25.3 Å². The molecule has 2 atom stereocenters. The highest BCUT2D eigenvalue weighted by atomic mass is 15.3. The second-order valence-corrected chi connectivity index (χ2v) is 3.79. The summed E-state index contributed by atoms with van der Waals surface area (Å²) in [6, 6.07) is 1.64. The Labute approximate surface area is 69.1 Å². The molecule has 1 saturated heterocycles. The molecule has 1 aliphatic heterocycles. The van der Waals surface area contributed by atoms with Crippen LogP contribution >= 0.6 is 0 Å². The molecule has 0 aromatic rings. The van der Waals surface area contributed by atoms with E-state index in [9.17, 15) is 0 Å². The standard InChI is InChI=1S/C10H17N/c1-2-9-8-11(9)10-6-4-3-5-7-10/h2,9-10H,1,3-8H2. The largest absolute Gasteiger partial charge is 0.291 e. The molecule has 2 fully saturated rings. The zero-order valence-electron chi connectivity index (χ0n) is 7.13. The minimum Gasteiger partial charge on any atom is -0.291 e. The summed E-state index contributed by atoms with van der Waals surface area (Å²) < 4.78 is 0. The summed E-state index contributed by atoms with van der Waals surface area (Å²) in [6.45, 7) is 5.11. The van der Waals surface area contributed by atoms with Crippen LogP contribution in [0.15, 0.2) is 12.7 Å². The lowest BCUT2D eigenvalue weighted by Gasteiger charge is -2.22. The van der Waals surface area contributed by atoms with Crippen LogP contribution in [0.3, 0.4) is 0 Å². The Morgan fingerprint density at radius 1 is 1.18 bits per heavy atom. The van der Waals surface area contributed by atoms with Crippen molar-refractivity contribution >= 4 is 0 Å². The Bertz CT molecular complexity index is 147. The maximum atomic E-state index is 3.83. The molecule has 2 rings (SSSR count). The Balaban J connectivity index is 1.81. The summed E-state index contributed by atoms with van der Waals surface area (Å²) >= 11 is 0. The average molecular weight is 151 g/mol. The third-order valence-corrected chi connectivity index (χ3v) is 3.01. The van der Waals surface area contributed by atoms with Gasteiger partial charge in [0, 0.05) is 18.6 Å². The van der Waals surface area contributed by atoms with Crippen molar-refractivity contribution in [2.75, 3.05) is 6.54 Å². The van der Waals surface area contributed by atoms with Gasteiger partial charge in [-0.3, -0.25) is 4.90 Å². The van der Waals surface area contributed by atoms with Gasteiger partial charge >= 0.3 is 0 Å². The molecule has 2 aliphatic rings. The lowest BCUT2D eigenvalue weighted by Crippen LogP contribution is -2.22. The molecule has 1 aliphatic carbocycles. The van der Waals surface area contributed by atoms with Crippen LogP contribution in [-0.4, -0.2) is 23.5 Å². The van der Waals surface area contributed by atoms with Crippen molar-refractivity contribution in [2.24, 2.45) is 0 Å². The van der Waals surface area contributed by atoms with Crippen molar-refractivity contribution in [3.05, 3.63) is 12.7 Å². The van der Waals surface area contributed by atoms with Gasteiger partial charge in [0.2, 0.25) is 0 Å². The second-order valence-electron chi connectivity index (χ2n) is 3.79. The van der Waals surface area contributed by atoms with Gasteiger partial charge < -0.3 is 0 Å². The minimum absolute atomic E-state index is 0.734. The topological polar surface area (TPSA) is 3.01 Å². The van der Waals surface area contributed by atoms with Crippen LogP contribution in [0.25, 0.3) is 0 Å². The number of nitrogens with zero attached hydrogens (tertiary/aromatic N) is 1. The Kier molecular flexibility index (Phi) is 1.99. The van der Waals surface area contributed by atoms with Gasteiger partial charge in [-0.25, -0.2) is 0 Å². The van der Waals surface area contributed by atoms with Crippen molar-refractivity contribution in [2.45, 2.75) is 44.2 Å². The van der Waals surface area contributed by atoms with Gasteiger partial charge in [-0.2, -0.15) is 0 Å². The molecule has 0 aromatic carbocycles. The molecular formula is C10H17N. The highest BCUT2D eigenvalue weighted by molar-refractivity contribution is 5.04. The summed E-state index contributed by atoms with van der Waals surface area (Å²) in [5.41, 5.74) is 0. The van der Waals surface area contributed by atoms with E-state index in [-0.39, 0.29) is 0 Å². The summed E-state index contributed by atoms with van der Waals surface area (Å²) in [6.07, 6.45) is 9.32. The third kappa shape index (κ3) is 1.48. The van der Waals surface area contributed by atoms with Crippen molar-refractivity contribution in [1.82, 2.24) is 4.90 Å². The molecule has 1 heterocycles. The molecule has 1 nitrogen and oxygen atoms in total. The molecular weight excluding hydrogens is 134 g/mol. The van der Waals surface area contributed by atoms with Crippen LogP contribution in [0.1, 0.15) is 32.1 Å². The quantitative estimate of drug-likeness (QED) is 0.432. The average Bonchev–Trinajstić information content (AvgIpc) is 2.85. The first-order valence-corrected chi connectivity index (χ1v) is 4.80. The Morgan fingerprint density at radius 2 is 1.91 bits per heavy atom. The van der Waals surface area contributed by atoms with Crippen LogP contribution in [-0.2, 0) is 0 Å². The smallest absolute Gasteiger partial charge is 0.0407 e. The SMILES string of the molecule is C=CC1CN1C1CCCCC1. The lowest BCUT2D eigenvalue weighted by atomic mass is 9.95. The van der Waals surface area contributed by atoms with E-state index in [0.717, 1.165) is 12.1 Å². The fourth-order valence-corrected chi connectivity index (χ4v) is 2.21. The second kappa shape index (κ2) is 2.98. The predicted octanol–water partition coefficient (Wildman–Crippen LogP) is 2.19. The van der Waals surface area contributed by atoms with E-state index in [4.69, 9.17) is 0 Å². The molecule has 1 heteroatoms. The monoisotopic (exact) mass is 151 g/mol. The first-order chi connectivity index (χ1) is 5.42. The molecule has 1 saturated carbocycles. The van der Waals surface area contributed by atoms with Crippen molar-refractivity contribution in [3.63, 3.8) is 0 Å². The molecule has 0 radical (unpaired) electrons. The fourth-order valence-electron chi connectivity index (χ4n) is 2.21.